The molecule has 5 nitrogen and oxygen atoms in total. The zero-order valence-corrected chi connectivity index (χ0v) is 8.15. The van der Waals surface area contributed by atoms with Crippen molar-refractivity contribution in [3.05, 3.63) is 0 Å². The number of rotatable bonds is 2. The fourth-order valence-corrected chi connectivity index (χ4v) is 1.47. The lowest BCUT2D eigenvalue weighted by atomic mass is 10.3. The van der Waals surface area contributed by atoms with Gasteiger partial charge in [0.1, 0.15) is 12.2 Å². The summed E-state index contributed by atoms with van der Waals surface area (Å²) in [6, 6.07) is 0. The topological polar surface area (TPSA) is 48.0 Å². The molecule has 0 aromatic heterocycles. The molecule has 1 fully saturated rings. The molecule has 0 spiro atoms. The summed E-state index contributed by atoms with van der Waals surface area (Å²) in [5, 5.41) is 0. The van der Waals surface area contributed by atoms with E-state index in [2.05, 4.69) is 4.74 Å². The minimum absolute atomic E-state index is 0.0518. The van der Waals surface area contributed by atoms with E-state index < -0.39 is 0 Å². The Labute approximate surface area is 77.6 Å². The van der Waals surface area contributed by atoms with Crippen LogP contribution in [0.3, 0.4) is 0 Å². The van der Waals surface area contributed by atoms with Crippen LogP contribution in [0.5, 0.6) is 0 Å². The monoisotopic (exact) mass is 189 g/mol. The van der Waals surface area contributed by atoms with Crippen molar-refractivity contribution in [2.75, 3.05) is 34.4 Å². The zero-order valence-electron chi connectivity index (χ0n) is 8.15. The van der Waals surface area contributed by atoms with E-state index in [1.807, 2.05) is 0 Å². The van der Waals surface area contributed by atoms with Crippen LogP contribution < -0.4 is 0 Å². The molecular formula is C8H15NO4. The normalized spacial score (nSPS) is 27.8. The third-order valence-electron chi connectivity index (χ3n) is 2.25. The summed E-state index contributed by atoms with van der Waals surface area (Å²) in [5.41, 5.74) is 0. The lowest BCUT2D eigenvalue weighted by molar-refractivity contribution is -0.00461. The van der Waals surface area contributed by atoms with Crippen LogP contribution >= 0.6 is 0 Å². The minimum atomic E-state index is -0.332. The fourth-order valence-electron chi connectivity index (χ4n) is 1.47. The predicted octanol–water partition coefficient (Wildman–Crippen LogP) is 0.0984. The van der Waals surface area contributed by atoms with Gasteiger partial charge in [-0.2, -0.15) is 0 Å². The molecule has 0 saturated carbocycles. The lowest BCUT2D eigenvalue weighted by Gasteiger charge is -2.13. The second kappa shape index (κ2) is 4.43. The van der Waals surface area contributed by atoms with Gasteiger partial charge in [-0.25, -0.2) is 4.79 Å². The number of hydrogen-bond donors (Lipinski definition) is 0. The summed E-state index contributed by atoms with van der Waals surface area (Å²) in [6.45, 7) is 1.06. The summed E-state index contributed by atoms with van der Waals surface area (Å²) in [7, 11) is 4.58. The molecular weight excluding hydrogens is 174 g/mol. The molecule has 1 saturated heterocycles. The number of carbonyl (C=O) groups excluding carboxylic acids is 1. The van der Waals surface area contributed by atoms with Crippen LogP contribution in [0.4, 0.5) is 4.79 Å². The maximum Gasteiger partial charge on any atom is 0.409 e. The highest BCUT2D eigenvalue weighted by molar-refractivity contribution is 5.67. The van der Waals surface area contributed by atoms with Gasteiger partial charge in [-0.15, -0.1) is 0 Å². The number of amides is 1. The van der Waals surface area contributed by atoms with E-state index in [4.69, 9.17) is 9.47 Å². The number of ether oxygens (including phenoxy) is 3. The first-order valence-electron chi connectivity index (χ1n) is 4.11. The van der Waals surface area contributed by atoms with Crippen molar-refractivity contribution in [2.45, 2.75) is 12.2 Å². The number of nitrogens with zero attached hydrogens (tertiary/aromatic N) is 1. The Bertz CT molecular complexity index is 173. The molecule has 0 bridgehead atoms. The van der Waals surface area contributed by atoms with Gasteiger partial charge in [0, 0.05) is 14.2 Å². The summed E-state index contributed by atoms with van der Waals surface area (Å²) in [5.74, 6) is 0. The van der Waals surface area contributed by atoms with E-state index in [0.29, 0.717) is 13.1 Å². The van der Waals surface area contributed by atoms with Crippen LogP contribution in [0, 0.1) is 0 Å². The molecule has 1 amide bonds. The van der Waals surface area contributed by atoms with Gasteiger partial charge in [-0.05, 0) is 0 Å². The third-order valence-corrected chi connectivity index (χ3v) is 2.25. The average Bonchev–Trinajstić information content (AvgIpc) is 2.59. The molecule has 76 valence electrons. The van der Waals surface area contributed by atoms with Crippen LogP contribution in [-0.2, 0) is 14.2 Å². The molecule has 0 aliphatic carbocycles. The first kappa shape index (κ1) is 10.3. The van der Waals surface area contributed by atoms with E-state index in [9.17, 15) is 4.79 Å². The van der Waals surface area contributed by atoms with Gasteiger partial charge >= 0.3 is 6.09 Å². The van der Waals surface area contributed by atoms with Crippen molar-refractivity contribution < 1.29 is 19.0 Å². The Balaban J connectivity index is 2.52. The van der Waals surface area contributed by atoms with Gasteiger partial charge < -0.3 is 19.1 Å². The molecule has 1 aliphatic rings. The second-order valence-electron chi connectivity index (χ2n) is 2.92. The third kappa shape index (κ3) is 2.10. The smallest absolute Gasteiger partial charge is 0.409 e. The van der Waals surface area contributed by atoms with E-state index in [0.717, 1.165) is 0 Å². The molecule has 1 heterocycles. The molecule has 0 N–H and O–H groups in total. The molecule has 1 aliphatic heterocycles. The minimum Gasteiger partial charge on any atom is -0.453 e. The lowest BCUT2D eigenvalue weighted by Crippen LogP contribution is -2.29. The van der Waals surface area contributed by atoms with Gasteiger partial charge in [0.2, 0.25) is 0 Å². The van der Waals surface area contributed by atoms with Crippen LogP contribution in [0.25, 0.3) is 0 Å². The standard InChI is InChI=1S/C8H15NO4/c1-11-6-4-9(8(10)13-3)5-7(6)12-2/h6-7H,4-5H2,1-3H3/t6-,7-/m1/s1. The average molecular weight is 189 g/mol. The summed E-state index contributed by atoms with van der Waals surface area (Å²) in [4.78, 5) is 12.7. The number of hydrogen-bond acceptors (Lipinski definition) is 4. The van der Waals surface area contributed by atoms with Crippen molar-refractivity contribution in [1.82, 2.24) is 4.90 Å². The number of carbonyl (C=O) groups is 1. The molecule has 0 radical (unpaired) electrons. The van der Waals surface area contributed by atoms with Crippen molar-refractivity contribution in [1.29, 1.82) is 0 Å². The van der Waals surface area contributed by atoms with E-state index in [-0.39, 0.29) is 18.3 Å². The molecule has 0 aromatic rings. The van der Waals surface area contributed by atoms with Crippen LogP contribution in [0.15, 0.2) is 0 Å². The highest BCUT2D eigenvalue weighted by Gasteiger charge is 2.35. The maximum atomic E-state index is 11.1. The van der Waals surface area contributed by atoms with Crippen LogP contribution in [0.1, 0.15) is 0 Å². The van der Waals surface area contributed by atoms with Crippen LogP contribution in [-0.4, -0.2) is 57.6 Å². The van der Waals surface area contributed by atoms with Gasteiger partial charge in [0.05, 0.1) is 20.2 Å². The van der Waals surface area contributed by atoms with E-state index in [1.165, 1.54) is 7.11 Å². The van der Waals surface area contributed by atoms with Gasteiger partial charge in [-0.3, -0.25) is 0 Å². The molecule has 0 aromatic carbocycles. The molecule has 0 unspecified atom stereocenters. The molecule has 1 rings (SSSR count). The van der Waals surface area contributed by atoms with E-state index >= 15 is 0 Å². The van der Waals surface area contributed by atoms with Gasteiger partial charge in [-0.1, -0.05) is 0 Å². The van der Waals surface area contributed by atoms with Crippen molar-refractivity contribution in [2.24, 2.45) is 0 Å². The van der Waals surface area contributed by atoms with Crippen molar-refractivity contribution in [3.63, 3.8) is 0 Å². The zero-order chi connectivity index (χ0) is 9.84. The molecule has 5 heteroatoms. The first-order valence-corrected chi connectivity index (χ1v) is 4.11. The number of methoxy groups -OCH3 is 3. The molecule has 2 atom stereocenters. The predicted molar refractivity (Wildman–Crippen MR) is 45.6 cm³/mol. The Kier molecular flexibility index (Phi) is 3.50. The Morgan fingerprint density at radius 2 is 1.62 bits per heavy atom. The Hall–Kier alpha value is -0.810. The van der Waals surface area contributed by atoms with Crippen LogP contribution in [0.2, 0.25) is 0 Å². The van der Waals surface area contributed by atoms with E-state index in [1.54, 1.807) is 19.1 Å². The molecule has 13 heavy (non-hydrogen) atoms. The van der Waals surface area contributed by atoms with Gasteiger partial charge in [0.15, 0.2) is 0 Å². The maximum absolute atomic E-state index is 11.1. The summed E-state index contributed by atoms with van der Waals surface area (Å²) >= 11 is 0. The Morgan fingerprint density at radius 1 is 1.15 bits per heavy atom. The highest BCUT2D eigenvalue weighted by atomic mass is 16.6. The second-order valence-corrected chi connectivity index (χ2v) is 2.92. The Morgan fingerprint density at radius 3 is 1.92 bits per heavy atom. The largest absolute Gasteiger partial charge is 0.453 e. The highest BCUT2D eigenvalue weighted by Crippen LogP contribution is 2.15. The number of likely N-dealkylation sites (tertiary alicyclic amines) is 1. The van der Waals surface area contributed by atoms with Crippen molar-refractivity contribution in [3.8, 4) is 0 Å². The SMILES string of the molecule is COC(=O)N1C[C@@H](OC)[C@H](OC)C1. The first-order chi connectivity index (χ1) is 6.22. The summed E-state index contributed by atoms with van der Waals surface area (Å²) < 4.78 is 14.9. The summed E-state index contributed by atoms with van der Waals surface area (Å²) in [6.07, 6.45) is -0.435. The fraction of sp³-hybridized carbons (Fsp3) is 0.875. The van der Waals surface area contributed by atoms with Crippen molar-refractivity contribution >= 4 is 6.09 Å². The van der Waals surface area contributed by atoms with Gasteiger partial charge in [0.25, 0.3) is 0 Å². The quantitative estimate of drug-likeness (QED) is 0.618.